The van der Waals surface area contributed by atoms with Gasteiger partial charge < -0.3 is 0 Å². The van der Waals surface area contributed by atoms with E-state index in [2.05, 4.69) is 20.7 Å². The highest BCUT2D eigenvalue weighted by Crippen LogP contribution is 2.29. The zero-order valence-electron chi connectivity index (χ0n) is 11.0. The van der Waals surface area contributed by atoms with E-state index < -0.39 is 20.9 Å². The summed E-state index contributed by atoms with van der Waals surface area (Å²) in [5, 5.41) is -0.716. The Bertz CT molecular complexity index is 581. The third kappa shape index (κ3) is 4.84. The SMILES string of the molecule is CC(C)CC(Br)CNS(=O)(=O)c1ccc(Cl)c(F)c1Cl. The summed E-state index contributed by atoms with van der Waals surface area (Å²) in [6.45, 7) is 4.27. The first-order valence-electron chi connectivity index (χ1n) is 5.92. The van der Waals surface area contributed by atoms with Gasteiger partial charge in [0.25, 0.3) is 0 Å². The van der Waals surface area contributed by atoms with Crippen molar-refractivity contribution in [1.82, 2.24) is 4.72 Å². The van der Waals surface area contributed by atoms with E-state index in [0.29, 0.717) is 5.92 Å². The summed E-state index contributed by atoms with van der Waals surface area (Å²) in [6.07, 6.45) is 0.811. The van der Waals surface area contributed by atoms with Crippen LogP contribution in [0, 0.1) is 11.7 Å². The van der Waals surface area contributed by atoms with Crippen LogP contribution in [0.5, 0.6) is 0 Å². The predicted molar refractivity (Wildman–Crippen MR) is 83.8 cm³/mol. The fourth-order valence-corrected chi connectivity index (χ4v) is 4.54. The van der Waals surface area contributed by atoms with E-state index in [1.807, 2.05) is 13.8 Å². The van der Waals surface area contributed by atoms with Gasteiger partial charge in [0.1, 0.15) is 4.90 Å². The Kier molecular flexibility index (Phi) is 6.73. The van der Waals surface area contributed by atoms with Crippen LogP contribution in [0.4, 0.5) is 4.39 Å². The molecule has 1 aromatic rings. The first-order chi connectivity index (χ1) is 9.15. The average Bonchev–Trinajstić information content (AvgIpc) is 2.32. The van der Waals surface area contributed by atoms with Crippen LogP contribution in [0.2, 0.25) is 10.0 Å². The van der Waals surface area contributed by atoms with Crippen LogP contribution in [-0.4, -0.2) is 19.8 Å². The van der Waals surface area contributed by atoms with Crippen LogP contribution in [0.1, 0.15) is 20.3 Å². The summed E-state index contributed by atoms with van der Waals surface area (Å²) in [4.78, 5) is -0.321. The molecule has 114 valence electrons. The number of benzene rings is 1. The Morgan fingerprint density at radius 3 is 2.50 bits per heavy atom. The summed E-state index contributed by atoms with van der Waals surface area (Å²) in [7, 11) is -3.87. The number of hydrogen-bond acceptors (Lipinski definition) is 2. The summed E-state index contributed by atoms with van der Waals surface area (Å²) in [5.41, 5.74) is 0. The molecule has 0 radical (unpaired) electrons. The molecule has 0 aliphatic heterocycles. The van der Waals surface area contributed by atoms with E-state index in [4.69, 9.17) is 23.2 Å². The summed E-state index contributed by atoms with van der Waals surface area (Å²) in [5.74, 6) is -0.505. The minimum Gasteiger partial charge on any atom is -0.210 e. The van der Waals surface area contributed by atoms with Crippen LogP contribution in [0.3, 0.4) is 0 Å². The Hall–Kier alpha value is 0.120. The van der Waals surface area contributed by atoms with Gasteiger partial charge in [-0.25, -0.2) is 17.5 Å². The quantitative estimate of drug-likeness (QED) is 0.567. The highest BCUT2D eigenvalue weighted by atomic mass is 79.9. The Balaban J connectivity index is 2.87. The van der Waals surface area contributed by atoms with Crippen molar-refractivity contribution in [3.63, 3.8) is 0 Å². The van der Waals surface area contributed by atoms with Gasteiger partial charge in [0.15, 0.2) is 5.82 Å². The summed E-state index contributed by atoms with van der Waals surface area (Å²) in [6, 6.07) is 2.35. The second kappa shape index (κ2) is 7.40. The molecule has 0 amide bonds. The maximum absolute atomic E-state index is 13.5. The number of nitrogens with one attached hydrogen (secondary N) is 1. The molecule has 0 heterocycles. The van der Waals surface area contributed by atoms with Crippen molar-refractivity contribution < 1.29 is 12.8 Å². The molecule has 1 aromatic carbocycles. The van der Waals surface area contributed by atoms with E-state index in [1.165, 1.54) is 6.07 Å². The molecule has 1 rings (SSSR count). The standard InChI is InChI=1S/C12H15BrCl2FNO2S/c1-7(2)5-8(13)6-17-20(18,19)10-4-3-9(14)12(16)11(10)15/h3-4,7-8,17H,5-6H2,1-2H3. The maximum atomic E-state index is 13.5. The topological polar surface area (TPSA) is 46.2 Å². The molecule has 0 saturated carbocycles. The van der Waals surface area contributed by atoms with Gasteiger partial charge in [0.05, 0.1) is 10.0 Å². The lowest BCUT2D eigenvalue weighted by molar-refractivity contribution is 0.550. The maximum Gasteiger partial charge on any atom is 0.242 e. The van der Waals surface area contributed by atoms with E-state index in [-0.39, 0.29) is 21.3 Å². The van der Waals surface area contributed by atoms with Gasteiger partial charge in [-0.1, -0.05) is 53.0 Å². The van der Waals surface area contributed by atoms with Crippen molar-refractivity contribution >= 4 is 49.2 Å². The molecule has 1 atom stereocenters. The van der Waals surface area contributed by atoms with E-state index in [9.17, 15) is 12.8 Å². The second-order valence-electron chi connectivity index (χ2n) is 4.75. The van der Waals surface area contributed by atoms with Crippen LogP contribution in [0.25, 0.3) is 0 Å². The van der Waals surface area contributed by atoms with Crippen LogP contribution in [-0.2, 0) is 10.0 Å². The van der Waals surface area contributed by atoms with Crippen molar-refractivity contribution in [3.05, 3.63) is 28.0 Å². The summed E-state index contributed by atoms with van der Waals surface area (Å²) < 4.78 is 40.1. The van der Waals surface area contributed by atoms with Gasteiger partial charge in [-0.2, -0.15) is 0 Å². The zero-order valence-corrected chi connectivity index (χ0v) is 14.9. The predicted octanol–water partition coefficient (Wildman–Crippen LogP) is 4.22. The van der Waals surface area contributed by atoms with Crippen molar-refractivity contribution in [3.8, 4) is 0 Å². The second-order valence-corrected chi connectivity index (χ2v) is 8.57. The molecular weight excluding hydrogens is 392 g/mol. The Morgan fingerprint density at radius 2 is 1.95 bits per heavy atom. The molecule has 0 spiro atoms. The van der Waals surface area contributed by atoms with Crippen LogP contribution in [0.15, 0.2) is 17.0 Å². The Labute approximate surface area is 137 Å². The molecule has 20 heavy (non-hydrogen) atoms. The normalized spacial score (nSPS) is 13.8. The largest absolute Gasteiger partial charge is 0.242 e. The minimum absolute atomic E-state index is 0.00630. The Morgan fingerprint density at radius 1 is 1.35 bits per heavy atom. The lowest BCUT2D eigenvalue weighted by Gasteiger charge is -2.14. The van der Waals surface area contributed by atoms with E-state index in [1.54, 1.807) is 0 Å². The van der Waals surface area contributed by atoms with Gasteiger partial charge in [-0.3, -0.25) is 0 Å². The van der Waals surface area contributed by atoms with Gasteiger partial charge >= 0.3 is 0 Å². The molecule has 1 N–H and O–H groups in total. The number of alkyl halides is 1. The third-order valence-electron chi connectivity index (χ3n) is 2.51. The molecule has 8 heteroatoms. The molecule has 0 fully saturated rings. The fraction of sp³-hybridized carbons (Fsp3) is 0.500. The van der Waals surface area contributed by atoms with Gasteiger partial charge in [0, 0.05) is 11.4 Å². The molecule has 0 bridgehead atoms. The molecule has 1 unspecified atom stereocenters. The molecule has 0 aliphatic rings. The first-order valence-corrected chi connectivity index (χ1v) is 9.08. The first kappa shape index (κ1) is 18.2. The lowest BCUT2D eigenvalue weighted by Crippen LogP contribution is -2.30. The van der Waals surface area contributed by atoms with Gasteiger partial charge in [0.2, 0.25) is 10.0 Å². The molecule has 0 aromatic heterocycles. The van der Waals surface area contributed by atoms with Crippen LogP contribution >= 0.6 is 39.1 Å². The number of rotatable bonds is 6. The average molecular weight is 407 g/mol. The van der Waals surface area contributed by atoms with E-state index >= 15 is 0 Å². The van der Waals surface area contributed by atoms with Crippen molar-refractivity contribution in [2.24, 2.45) is 5.92 Å². The molecular formula is C12H15BrCl2FNO2S. The van der Waals surface area contributed by atoms with E-state index in [0.717, 1.165) is 12.5 Å². The van der Waals surface area contributed by atoms with Crippen molar-refractivity contribution in [2.75, 3.05) is 6.54 Å². The van der Waals surface area contributed by atoms with Crippen molar-refractivity contribution in [2.45, 2.75) is 30.0 Å². The van der Waals surface area contributed by atoms with Gasteiger partial charge in [-0.05, 0) is 24.5 Å². The van der Waals surface area contributed by atoms with Crippen molar-refractivity contribution in [1.29, 1.82) is 0 Å². The monoisotopic (exact) mass is 405 g/mol. The minimum atomic E-state index is -3.87. The number of halogens is 4. The highest BCUT2D eigenvalue weighted by Gasteiger charge is 2.22. The molecule has 0 saturated heterocycles. The number of sulfonamides is 1. The molecule has 3 nitrogen and oxygen atoms in total. The summed E-state index contributed by atoms with van der Waals surface area (Å²) >= 11 is 14.6. The zero-order chi connectivity index (χ0) is 15.5. The fourth-order valence-electron chi connectivity index (χ4n) is 1.59. The number of hydrogen-bond donors (Lipinski definition) is 1. The lowest BCUT2D eigenvalue weighted by atomic mass is 10.1. The van der Waals surface area contributed by atoms with Crippen LogP contribution < -0.4 is 4.72 Å². The smallest absolute Gasteiger partial charge is 0.210 e. The third-order valence-corrected chi connectivity index (χ3v) is 5.45. The molecule has 0 aliphatic carbocycles. The van der Waals surface area contributed by atoms with Gasteiger partial charge in [-0.15, -0.1) is 0 Å². The highest BCUT2D eigenvalue weighted by molar-refractivity contribution is 9.09.